The van der Waals surface area contributed by atoms with Crippen molar-refractivity contribution in [3.63, 3.8) is 0 Å². The molecule has 0 aromatic carbocycles. The molecular formula is C19H26N4S4. The molecule has 4 rings (SSSR count). The predicted molar refractivity (Wildman–Crippen MR) is 126 cm³/mol. The van der Waals surface area contributed by atoms with E-state index in [0.29, 0.717) is 5.92 Å². The van der Waals surface area contributed by atoms with Crippen LogP contribution in [0.5, 0.6) is 0 Å². The molecule has 3 aliphatic rings. The molecule has 146 valence electrons. The fraction of sp³-hybridized carbons (Fsp3) is 0.684. The maximum Gasteiger partial charge on any atom is 0.121 e. The minimum absolute atomic E-state index is 0.174. The van der Waals surface area contributed by atoms with Crippen molar-refractivity contribution in [2.75, 3.05) is 17.3 Å². The molecule has 3 atom stereocenters. The summed E-state index contributed by atoms with van der Waals surface area (Å²) in [6, 6.07) is 0. The van der Waals surface area contributed by atoms with Gasteiger partial charge in [-0.25, -0.2) is 4.98 Å². The molecule has 0 saturated heterocycles. The van der Waals surface area contributed by atoms with Crippen LogP contribution in [0.3, 0.4) is 0 Å². The molecule has 0 fully saturated rings. The molecule has 1 aromatic heterocycles. The average molecular weight is 439 g/mol. The molecule has 4 nitrogen and oxygen atoms in total. The Morgan fingerprint density at radius 2 is 1.41 bits per heavy atom. The molecule has 4 heterocycles. The van der Waals surface area contributed by atoms with Gasteiger partial charge >= 0.3 is 0 Å². The Labute approximate surface area is 178 Å². The number of aryl methyl sites for hydroxylation is 1. The van der Waals surface area contributed by atoms with Crippen LogP contribution in [0.1, 0.15) is 45.3 Å². The van der Waals surface area contributed by atoms with Crippen LogP contribution in [0.4, 0.5) is 0 Å². The van der Waals surface area contributed by atoms with Gasteiger partial charge in [-0.05, 0) is 27.7 Å². The number of thioether (sulfide) groups is 3. The highest BCUT2D eigenvalue weighted by Crippen LogP contribution is 2.46. The monoisotopic (exact) mass is 438 g/mol. The highest BCUT2D eigenvalue weighted by Gasteiger charge is 2.48. The van der Waals surface area contributed by atoms with Crippen LogP contribution in [-0.2, 0) is 5.54 Å². The third-order valence-corrected chi connectivity index (χ3v) is 10.8. The molecule has 0 bridgehead atoms. The Kier molecular flexibility index (Phi) is 5.10. The fourth-order valence-electron chi connectivity index (χ4n) is 3.29. The first-order chi connectivity index (χ1) is 12.6. The summed E-state index contributed by atoms with van der Waals surface area (Å²) in [4.78, 5) is 20.1. The smallest absolute Gasteiger partial charge is 0.121 e. The van der Waals surface area contributed by atoms with Crippen molar-refractivity contribution < 1.29 is 0 Å². The lowest BCUT2D eigenvalue weighted by molar-refractivity contribution is 0.567. The van der Waals surface area contributed by atoms with Gasteiger partial charge in [0.05, 0.1) is 15.1 Å². The summed E-state index contributed by atoms with van der Waals surface area (Å²) in [5, 5.41) is 6.82. The van der Waals surface area contributed by atoms with E-state index in [1.807, 2.05) is 42.2 Å². The summed E-state index contributed by atoms with van der Waals surface area (Å²) < 4.78 is 0. The van der Waals surface area contributed by atoms with Gasteiger partial charge in [-0.2, -0.15) is 0 Å². The first-order valence-corrected chi connectivity index (χ1v) is 13.1. The molecule has 1 aromatic rings. The van der Waals surface area contributed by atoms with Crippen molar-refractivity contribution in [2.24, 2.45) is 20.9 Å². The van der Waals surface area contributed by atoms with Crippen molar-refractivity contribution in [1.29, 1.82) is 0 Å². The molecule has 0 radical (unpaired) electrons. The van der Waals surface area contributed by atoms with Crippen LogP contribution in [-0.4, -0.2) is 48.5 Å². The average Bonchev–Trinajstić information content (AvgIpc) is 3.35. The topological polar surface area (TPSA) is 50.0 Å². The second-order valence-electron chi connectivity index (χ2n) is 8.42. The zero-order valence-electron chi connectivity index (χ0n) is 16.7. The van der Waals surface area contributed by atoms with E-state index >= 15 is 0 Å². The summed E-state index contributed by atoms with van der Waals surface area (Å²) in [5.74, 6) is 3.39. The summed E-state index contributed by atoms with van der Waals surface area (Å²) in [7, 11) is 0. The Hall–Kier alpha value is -0.310. The largest absolute Gasteiger partial charge is 0.268 e. The van der Waals surface area contributed by atoms with Gasteiger partial charge in [0, 0.05) is 34.3 Å². The van der Waals surface area contributed by atoms with Crippen molar-refractivity contribution in [1.82, 2.24) is 4.98 Å². The summed E-state index contributed by atoms with van der Waals surface area (Å²) in [5.41, 5.74) is 0.449. The SMILES string of the molecule is Cc1csc([C@]2(C)CSC([C@]3(C)CSC([C@]4(C)CSC(C(C)C)=N4)=N3)=N2)n1. The minimum Gasteiger partial charge on any atom is -0.268 e. The van der Waals surface area contributed by atoms with E-state index in [9.17, 15) is 0 Å². The second-order valence-corrected chi connectivity index (χ2v) is 12.2. The van der Waals surface area contributed by atoms with Gasteiger partial charge in [-0.3, -0.25) is 15.0 Å². The third-order valence-electron chi connectivity index (χ3n) is 5.03. The third kappa shape index (κ3) is 3.55. The van der Waals surface area contributed by atoms with E-state index in [1.165, 1.54) is 10.1 Å². The predicted octanol–water partition coefficient (Wildman–Crippen LogP) is 5.28. The summed E-state index contributed by atoms with van der Waals surface area (Å²) in [6.07, 6.45) is 0. The van der Waals surface area contributed by atoms with E-state index in [0.717, 1.165) is 33.0 Å². The minimum atomic E-state index is -0.238. The molecule has 8 heteroatoms. The standard InChI is InChI=1S/C19H26N4S4/c1-11(2)13-21-18(5,8-25-13)15-23-19(6,10-27-15)16-22-17(4,9-26-16)14-20-12(3)7-24-14/h7,11H,8-10H2,1-6H3/t17-,18-,19-/m0/s1. The van der Waals surface area contributed by atoms with Crippen LogP contribution < -0.4 is 0 Å². The van der Waals surface area contributed by atoms with Crippen molar-refractivity contribution >= 4 is 61.8 Å². The van der Waals surface area contributed by atoms with E-state index in [1.54, 1.807) is 11.3 Å². The van der Waals surface area contributed by atoms with Gasteiger partial charge in [0.2, 0.25) is 0 Å². The van der Waals surface area contributed by atoms with Gasteiger partial charge in [-0.1, -0.05) is 13.8 Å². The van der Waals surface area contributed by atoms with Gasteiger partial charge in [0.1, 0.15) is 21.6 Å². The van der Waals surface area contributed by atoms with Gasteiger partial charge in [-0.15, -0.1) is 46.6 Å². The Morgan fingerprint density at radius 1 is 0.852 bits per heavy atom. The van der Waals surface area contributed by atoms with Gasteiger partial charge in [0.15, 0.2) is 0 Å². The first-order valence-electron chi connectivity index (χ1n) is 9.25. The zero-order valence-corrected chi connectivity index (χ0v) is 20.0. The van der Waals surface area contributed by atoms with Crippen LogP contribution in [0.15, 0.2) is 20.4 Å². The van der Waals surface area contributed by atoms with E-state index in [2.05, 4.69) is 40.0 Å². The van der Waals surface area contributed by atoms with E-state index in [-0.39, 0.29) is 16.6 Å². The number of aromatic nitrogens is 1. The highest BCUT2D eigenvalue weighted by molar-refractivity contribution is 8.17. The molecule has 0 aliphatic carbocycles. The lowest BCUT2D eigenvalue weighted by atomic mass is 10.0. The molecule has 27 heavy (non-hydrogen) atoms. The molecular weight excluding hydrogens is 413 g/mol. The molecule has 0 amide bonds. The lowest BCUT2D eigenvalue weighted by Gasteiger charge is -2.21. The number of hydrogen-bond acceptors (Lipinski definition) is 8. The Bertz CT molecular complexity index is 858. The van der Waals surface area contributed by atoms with Crippen molar-refractivity contribution in [2.45, 2.75) is 58.2 Å². The molecule has 0 unspecified atom stereocenters. The van der Waals surface area contributed by atoms with Gasteiger partial charge in [0.25, 0.3) is 0 Å². The number of thiazole rings is 1. The summed E-state index contributed by atoms with van der Waals surface area (Å²) >= 11 is 7.33. The highest BCUT2D eigenvalue weighted by atomic mass is 32.2. The Balaban J connectivity index is 1.61. The van der Waals surface area contributed by atoms with Crippen molar-refractivity contribution in [3.05, 3.63) is 16.1 Å². The molecule has 0 saturated carbocycles. The van der Waals surface area contributed by atoms with Crippen LogP contribution in [0.2, 0.25) is 0 Å². The van der Waals surface area contributed by atoms with Crippen LogP contribution >= 0.6 is 46.6 Å². The molecule has 0 spiro atoms. The maximum absolute atomic E-state index is 5.20. The normalized spacial score (nSPS) is 36.3. The molecule has 0 N–H and O–H groups in total. The summed E-state index contributed by atoms with van der Waals surface area (Å²) in [6.45, 7) is 13.2. The molecule has 3 aliphatic heterocycles. The van der Waals surface area contributed by atoms with Gasteiger partial charge < -0.3 is 0 Å². The lowest BCUT2D eigenvalue weighted by Crippen LogP contribution is -2.33. The second kappa shape index (κ2) is 6.89. The van der Waals surface area contributed by atoms with Crippen molar-refractivity contribution in [3.8, 4) is 0 Å². The first kappa shape index (κ1) is 20.0. The van der Waals surface area contributed by atoms with Crippen LogP contribution in [0.25, 0.3) is 0 Å². The Morgan fingerprint density at radius 3 is 1.96 bits per heavy atom. The van der Waals surface area contributed by atoms with E-state index in [4.69, 9.17) is 20.0 Å². The maximum atomic E-state index is 5.20. The number of aliphatic imine (C=N–C) groups is 3. The fourth-order valence-corrected chi connectivity index (χ4v) is 8.33. The number of nitrogens with zero attached hydrogens (tertiary/aromatic N) is 4. The quantitative estimate of drug-likeness (QED) is 0.642. The number of hydrogen-bond donors (Lipinski definition) is 0. The van der Waals surface area contributed by atoms with E-state index < -0.39 is 0 Å². The van der Waals surface area contributed by atoms with Crippen LogP contribution in [0, 0.1) is 12.8 Å². The zero-order chi connectivity index (χ0) is 19.4. The number of rotatable bonds is 4.